The van der Waals surface area contributed by atoms with Gasteiger partial charge < -0.3 is 15.1 Å². The third-order valence-corrected chi connectivity index (χ3v) is 3.03. The molecule has 0 saturated heterocycles. The zero-order chi connectivity index (χ0) is 13.5. The average molecular weight is 259 g/mol. The van der Waals surface area contributed by atoms with Crippen molar-refractivity contribution >= 4 is 0 Å². The first-order valence-corrected chi connectivity index (χ1v) is 5.94. The minimum atomic E-state index is -0.847. The van der Waals surface area contributed by atoms with Gasteiger partial charge in [0.1, 0.15) is 0 Å². The van der Waals surface area contributed by atoms with E-state index in [2.05, 4.69) is 0 Å². The number of aliphatic hydroxyl groups is 2. The van der Waals surface area contributed by atoms with Crippen LogP contribution in [-0.4, -0.2) is 48.0 Å². The van der Waals surface area contributed by atoms with Crippen LogP contribution in [0.1, 0.15) is 12.0 Å². The van der Waals surface area contributed by atoms with Gasteiger partial charge in [0, 0.05) is 19.2 Å². The van der Waals surface area contributed by atoms with E-state index in [9.17, 15) is 8.78 Å². The molecule has 1 rings (SSSR count). The van der Waals surface area contributed by atoms with Gasteiger partial charge >= 0.3 is 0 Å². The zero-order valence-corrected chi connectivity index (χ0v) is 10.4. The lowest BCUT2D eigenvalue weighted by molar-refractivity contribution is 0.120. The molecular formula is C13H19F2NO2. The SMILES string of the molecule is CN(CCc1ccc(F)c(F)c1)C(CO)CCO. The molecule has 1 unspecified atom stereocenters. The molecule has 5 heteroatoms. The van der Waals surface area contributed by atoms with Gasteiger partial charge in [-0.3, -0.25) is 0 Å². The first-order valence-electron chi connectivity index (χ1n) is 5.94. The monoisotopic (exact) mass is 259 g/mol. The lowest BCUT2D eigenvalue weighted by Crippen LogP contribution is -2.36. The Hall–Kier alpha value is -1.04. The summed E-state index contributed by atoms with van der Waals surface area (Å²) in [6.07, 6.45) is 1.06. The number of likely N-dealkylation sites (N-methyl/N-ethyl adjacent to an activating group) is 1. The predicted molar refractivity (Wildman–Crippen MR) is 65.3 cm³/mol. The van der Waals surface area contributed by atoms with Crippen LogP contribution >= 0.6 is 0 Å². The van der Waals surface area contributed by atoms with Crippen LogP contribution in [0.25, 0.3) is 0 Å². The van der Waals surface area contributed by atoms with Gasteiger partial charge in [0.2, 0.25) is 0 Å². The van der Waals surface area contributed by atoms with Crippen LogP contribution in [0.4, 0.5) is 8.78 Å². The lowest BCUT2D eigenvalue weighted by Gasteiger charge is -2.25. The van der Waals surface area contributed by atoms with Gasteiger partial charge in [-0.1, -0.05) is 6.07 Å². The Morgan fingerprint density at radius 3 is 2.50 bits per heavy atom. The molecule has 0 saturated carbocycles. The maximum absolute atomic E-state index is 13.0. The third-order valence-electron chi connectivity index (χ3n) is 3.03. The fourth-order valence-corrected chi connectivity index (χ4v) is 1.78. The summed E-state index contributed by atoms with van der Waals surface area (Å²) in [5, 5.41) is 18.0. The van der Waals surface area contributed by atoms with E-state index in [1.165, 1.54) is 6.07 Å². The van der Waals surface area contributed by atoms with Gasteiger partial charge in [-0.2, -0.15) is 0 Å². The standard InChI is InChI=1S/C13H19F2NO2/c1-16(11(9-18)5-7-17)6-4-10-2-3-12(14)13(15)8-10/h2-3,8,11,17-18H,4-7,9H2,1H3. The number of benzene rings is 1. The summed E-state index contributed by atoms with van der Waals surface area (Å²) in [6, 6.07) is 3.73. The normalized spacial score (nSPS) is 13.0. The van der Waals surface area contributed by atoms with Crippen LogP contribution in [0, 0.1) is 11.6 Å². The fraction of sp³-hybridized carbons (Fsp3) is 0.538. The van der Waals surface area contributed by atoms with Gasteiger partial charge in [0.25, 0.3) is 0 Å². The van der Waals surface area contributed by atoms with Crippen molar-refractivity contribution in [3.8, 4) is 0 Å². The fourth-order valence-electron chi connectivity index (χ4n) is 1.78. The molecule has 0 fully saturated rings. The maximum atomic E-state index is 13.0. The topological polar surface area (TPSA) is 43.7 Å². The molecule has 18 heavy (non-hydrogen) atoms. The van der Waals surface area contributed by atoms with E-state index in [0.717, 1.165) is 6.07 Å². The highest BCUT2D eigenvalue weighted by molar-refractivity contribution is 5.18. The van der Waals surface area contributed by atoms with E-state index in [0.29, 0.717) is 24.9 Å². The molecule has 102 valence electrons. The van der Waals surface area contributed by atoms with Crippen LogP contribution in [-0.2, 0) is 6.42 Å². The van der Waals surface area contributed by atoms with E-state index in [1.807, 2.05) is 11.9 Å². The van der Waals surface area contributed by atoms with Gasteiger partial charge in [0.15, 0.2) is 11.6 Å². The van der Waals surface area contributed by atoms with Crippen molar-refractivity contribution in [1.82, 2.24) is 4.90 Å². The summed E-state index contributed by atoms with van der Waals surface area (Å²) in [5.41, 5.74) is 0.710. The Labute approximate surface area is 106 Å². The second kappa shape index (κ2) is 7.41. The van der Waals surface area contributed by atoms with Crippen LogP contribution in [0.2, 0.25) is 0 Å². The molecule has 1 aromatic carbocycles. The van der Waals surface area contributed by atoms with E-state index >= 15 is 0 Å². The maximum Gasteiger partial charge on any atom is 0.159 e. The van der Waals surface area contributed by atoms with E-state index < -0.39 is 11.6 Å². The molecule has 0 amide bonds. The van der Waals surface area contributed by atoms with Crippen LogP contribution < -0.4 is 0 Å². The molecule has 0 spiro atoms. The number of nitrogens with zero attached hydrogens (tertiary/aromatic N) is 1. The highest BCUT2D eigenvalue weighted by Crippen LogP contribution is 2.10. The highest BCUT2D eigenvalue weighted by Gasteiger charge is 2.13. The van der Waals surface area contributed by atoms with Gasteiger partial charge in [-0.05, 0) is 37.6 Å². The van der Waals surface area contributed by atoms with Crippen molar-refractivity contribution in [3.05, 3.63) is 35.4 Å². The van der Waals surface area contributed by atoms with Crippen molar-refractivity contribution in [1.29, 1.82) is 0 Å². The summed E-state index contributed by atoms with van der Waals surface area (Å²) < 4.78 is 25.7. The Bertz CT molecular complexity index is 374. The van der Waals surface area contributed by atoms with Crippen molar-refractivity contribution in [2.75, 3.05) is 26.8 Å². The number of hydrogen-bond donors (Lipinski definition) is 2. The number of aliphatic hydroxyl groups excluding tert-OH is 2. The van der Waals surface area contributed by atoms with Crippen LogP contribution in [0.3, 0.4) is 0 Å². The summed E-state index contributed by atoms with van der Waals surface area (Å²) in [5.74, 6) is -1.69. The molecule has 1 aromatic rings. The molecular weight excluding hydrogens is 240 g/mol. The number of rotatable bonds is 7. The van der Waals surface area contributed by atoms with Gasteiger partial charge in [-0.25, -0.2) is 8.78 Å². The number of hydrogen-bond acceptors (Lipinski definition) is 3. The summed E-state index contributed by atoms with van der Waals surface area (Å²) in [6.45, 7) is 0.589. The van der Waals surface area contributed by atoms with Crippen molar-refractivity contribution < 1.29 is 19.0 Å². The molecule has 0 aromatic heterocycles. The Balaban J connectivity index is 2.50. The van der Waals surface area contributed by atoms with Crippen LogP contribution in [0.15, 0.2) is 18.2 Å². The second-order valence-electron chi connectivity index (χ2n) is 4.33. The predicted octanol–water partition coefficient (Wildman–Crippen LogP) is 1.18. The molecule has 0 bridgehead atoms. The van der Waals surface area contributed by atoms with E-state index in [4.69, 9.17) is 10.2 Å². The Morgan fingerprint density at radius 2 is 1.94 bits per heavy atom. The molecule has 0 aliphatic carbocycles. The summed E-state index contributed by atoms with van der Waals surface area (Å²) in [7, 11) is 1.83. The van der Waals surface area contributed by atoms with E-state index in [-0.39, 0.29) is 19.3 Å². The van der Waals surface area contributed by atoms with Crippen molar-refractivity contribution in [2.45, 2.75) is 18.9 Å². The van der Waals surface area contributed by atoms with Gasteiger partial charge in [-0.15, -0.1) is 0 Å². The molecule has 3 nitrogen and oxygen atoms in total. The summed E-state index contributed by atoms with van der Waals surface area (Å²) >= 11 is 0. The molecule has 2 N–H and O–H groups in total. The minimum Gasteiger partial charge on any atom is -0.396 e. The molecule has 0 heterocycles. The quantitative estimate of drug-likeness (QED) is 0.773. The van der Waals surface area contributed by atoms with E-state index in [1.54, 1.807) is 6.07 Å². The number of halogens is 2. The van der Waals surface area contributed by atoms with Crippen molar-refractivity contribution in [2.24, 2.45) is 0 Å². The molecule has 1 atom stereocenters. The highest BCUT2D eigenvalue weighted by atomic mass is 19.2. The molecule has 0 aliphatic rings. The Kier molecular flexibility index (Phi) is 6.18. The first-order chi connectivity index (χ1) is 8.58. The largest absolute Gasteiger partial charge is 0.396 e. The molecule has 0 radical (unpaired) electrons. The third kappa shape index (κ3) is 4.33. The van der Waals surface area contributed by atoms with Crippen molar-refractivity contribution in [3.63, 3.8) is 0 Å². The smallest absolute Gasteiger partial charge is 0.159 e. The minimum absolute atomic E-state index is 0.0146. The lowest BCUT2D eigenvalue weighted by atomic mass is 10.1. The first kappa shape index (κ1) is 15.0. The zero-order valence-electron chi connectivity index (χ0n) is 10.4. The molecule has 0 aliphatic heterocycles. The average Bonchev–Trinajstić information content (AvgIpc) is 2.37. The summed E-state index contributed by atoms with van der Waals surface area (Å²) in [4.78, 5) is 1.90. The Morgan fingerprint density at radius 1 is 1.22 bits per heavy atom. The van der Waals surface area contributed by atoms with Gasteiger partial charge in [0.05, 0.1) is 6.61 Å². The second-order valence-corrected chi connectivity index (χ2v) is 4.33. The van der Waals surface area contributed by atoms with Crippen LogP contribution in [0.5, 0.6) is 0 Å².